The minimum Gasteiger partial charge on any atom is -0.378 e. The molecule has 0 spiro atoms. The lowest BCUT2D eigenvalue weighted by atomic mass is 10.2. The standard InChI is InChI=1S/C28H34N10O4/c29-24(39)19-2-6-21(7-3-19)31-28(41)32-22-8-4-20(5-9-22)25-33-23(34-27(35-25)38-14-16-42-17-15-38)18-36-10-1-11-37(13-12-36)26(30)40/h2-9H,1,10-18H2,(H2,29,39)(H2,30,40)(H2,31,32,41). The summed E-state index contributed by atoms with van der Waals surface area (Å²) in [6.45, 7) is 5.75. The van der Waals surface area contributed by atoms with Crippen molar-refractivity contribution in [1.82, 2.24) is 24.8 Å². The van der Waals surface area contributed by atoms with Crippen LogP contribution < -0.4 is 27.0 Å². The van der Waals surface area contributed by atoms with E-state index in [0.717, 1.165) is 18.5 Å². The highest BCUT2D eigenvalue weighted by Crippen LogP contribution is 2.22. The van der Waals surface area contributed by atoms with Gasteiger partial charge in [0.2, 0.25) is 11.9 Å². The van der Waals surface area contributed by atoms with E-state index in [1.807, 2.05) is 12.1 Å². The van der Waals surface area contributed by atoms with E-state index < -0.39 is 18.0 Å². The number of anilines is 3. The van der Waals surface area contributed by atoms with E-state index in [1.165, 1.54) is 0 Å². The molecule has 0 atom stereocenters. The van der Waals surface area contributed by atoms with Crippen LogP contribution in [0.5, 0.6) is 0 Å². The monoisotopic (exact) mass is 574 g/mol. The van der Waals surface area contributed by atoms with Gasteiger partial charge in [-0.3, -0.25) is 9.69 Å². The van der Waals surface area contributed by atoms with Crippen LogP contribution in [0.4, 0.5) is 26.9 Å². The number of carbonyl (C=O) groups excluding carboxylic acids is 3. The van der Waals surface area contributed by atoms with Crippen LogP contribution in [0.2, 0.25) is 0 Å². The topological polar surface area (TPSA) is 185 Å². The molecule has 5 amide bonds. The number of nitrogens with two attached hydrogens (primary N) is 2. The lowest BCUT2D eigenvalue weighted by Gasteiger charge is -2.27. The summed E-state index contributed by atoms with van der Waals surface area (Å²) in [6, 6.07) is 12.7. The number of hydrogen-bond donors (Lipinski definition) is 4. The minimum absolute atomic E-state index is 0.357. The Morgan fingerprint density at radius 2 is 1.45 bits per heavy atom. The SMILES string of the molecule is NC(=O)c1ccc(NC(=O)Nc2ccc(-c3nc(CN4CCCN(C(N)=O)CC4)nc(N4CCOCC4)n3)cc2)cc1. The number of ether oxygens (including phenoxy) is 1. The van der Waals surface area contributed by atoms with Gasteiger partial charge in [-0.1, -0.05) is 0 Å². The molecule has 2 saturated heterocycles. The number of nitrogens with one attached hydrogen (secondary N) is 2. The number of amides is 5. The predicted molar refractivity (Wildman–Crippen MR) is 157 cm³/mol. The first kappa shape index (κ1) is 28.7. The normalized spacial score (nSPS) is 16.0. The Hall–Kier alpha value is -4.82. The van der Waals surface area contributed by atoms with Gasteiger partial charge < -0.3 is 36.6 Å². The van der Waals surface area contributed by atoms with Crippen LogP contribution in [0.25, 0.3) is 11.4 Å². The van der Waals surface area contributed by atoms with Crippen LogP contribution in [-0.2, 0) is 11.3 Å². The maximum Gasteiger partial charge on any atom is 0.323 e. The summed E-state index contributed by atoms with van der Waals surface area (Å²) in [5, 5.41) is 5.51. The average Bonchev–Trinajstić information content (AvgIpc) is 3.24. The number of morpholine rings is 1. The second-order valence-corrected chi connectivity index (χ2v) is 10.0. The van der Waals surface area contributed by atoms with E-state index in [2.05, 4.69) is 20.4 Å². The van der Waals surface area contributed by atoms with Gasteiger partial charge >= 0.3 is 12.1 Å². The molecule has 220 valence electrons. The largest absolute Gasteiger partial charge is 0.378 e. The molecule has 5 rings (SSSR count). The number of rotatable bonds is 7. The first-order chi connectivity index (χ1) is 20.3. The van der Waals surface area contributed by atoms with Gasteiger partial charge in [0, 0.05) is 61.8 Å². The number of carbonyl (C=O) groups is 3. The molecule has 14 nitrogen and oxygen atoms in total. The number of aromatic nitrogens is 3. The Morgan fingerprint density at radius 1 is 0.786 bits per heavy atom. The van der Waals surface area contributed by atoms with Crippen LogP contribution >= 0.6 is 0 Å². The second-order valence-electron chi connectivity index (χ2n) is 10.0. The number of hydrogen-bond acceptors (Lipinski definition) is 9. The molecule has 0 bridgehead atoms. The van der Waals surface area contributed by atoms with Gasteiger partial charge in [-0.05, 0) is 55.0 Å². The third-order valence-electron chi connectivity index (χ3n) is 7.06. The molecule has 0 aliphatic carbocycles. The van der Waals surface area contributed by atoms with Crippen molar-refractivity contribution in [2.24, 2.45) is 11.5 Å². The third-order valence-corrected chi connectivity index (χ3v) is 7.06. The summed E-state index contributed by atoms with van der Waals surface area (Å²) in [4.78, 5) is 55.7. The molecule has 3 aromatic rings. The zero-order valence-corrected chi connectivity index (χ0v) is 23.2. The van der Waals surface area contributed by atoms with Crippen molar-refractivity contribution >= 4 is 35.3 Å². The first-order valence-electron chi connectivity index (χ1n) is 13.8. The molecule has 2 fully saturated rings. The maximum absolute atomic E-state index is 12.5. The average molecular weight is 575 g/mol. The second kappa shape index (κ2) is 13.2. The Labute approximate surface area is 243 Å². The van der Waals surface area contributed by atoms with Crippen molar-refractivity contribution < 1.29 is 19.1 Å². The summed E-state index contributed by atoms with van der Waals surface area (Å²) in [7, 11) is 0. The fraction of sp³-hybridized carbons (Fsp3) is 0.357. The summed E-state index contributed by atoms with van der Waals surface area (Å²) in [5.41, 5.74) is 13.0. The van der Waals surface area contributed by atoms with Crippen LogP contribution in [0.3, 0.4) is 0 Å². The number of benzene rings is 2. The summed E-state index contributed by atoms with van der Waals surface area (Å²) in [6.07, 6.45) is 0.817. The smallest absolute Gasteiger partial charge is 0.323 e. The predicted octanol–water partition coefficient (Wildman–Crippen LogP) is 1.70. The Morgan fingerprint density at radius 3 is 2.10 bits per heavy atom. The van der Waals surface area contributed by atoms with Crippen LogP contribution in [-0.4, -0.2) is 95.2 Å². The highest BCUT2D eigenvalue weighted by Gasteiger charge is 2.21. The minimum atomic E-state index is -0.535. The highest BCUT2D eigenvalue weighted by molar-refractivity contribution is 6.00. The van der Waals surface area contributed by atoms with E-state index in [-0.39, 0.29) is 0 Å². The lowest BCUT2D eigenvalue weighted by molar-refractivity contribution is 0.1000. The Kier molecular flexibility index (Phi) is 9.04. The molecular weight excluding hydrogens is 540 g/mol. The van der Waals surface area contributed by atoms with Crippen LogP contribution in [0, 0.1) is 0 Å². The first-order valence-corrected chi connectivity index (χ1v) is 13.8. The molecular formula is C28H34N10O4. The van der Waals surface area contributed by atoms with Crippen LogP contribution in [0.15, 0.2) is 48.5 Å². The van der Waals surface area contributed by atoms with Gasteiger partial charge in [-0.2, -0.15) is 9.97 Å². The van der Waals surface area contributed by atoms with E-state index in [9.17, 15) is 14.4 Å². The molecule has 2 aromatic carbocycles. The fourth-order valence-corrected chi connectivity index (χ4v) is 4.78. The zero-order valence-electron chi connectivity index (χ0n) is 23.2. The quantitative estimate of drug-likeness (QED) is 0.326. The summed E-state index contributed by atoms with van der Waals surface area (Å²) < 4.78 is 5.51. The summed E-state index contributed by atoms with van der Waals surface area (Å²) in [5.74, 6) is 1.22. The van der Waals surface area contributed by atoms with Crippen molar-refractivity contribution in [3.63, 3.8) is 0 Å². The van der Waals surface area contributed by atoms with Gasteiger partial charge in [0.25, 0.3) is 0 Å². The number of nitrogens with zero attached hydrogens (tertiary/aromatic N) is 6. The number of primary amides is 2. The molecule has 0 saturated carbocycles. The molecule has 0 unspecified atom stereocenters. The van der Waals surface area contributed by atoms with Gasteiger partial charge in [-0.25, -0.2) is 14.6 Å². The van der Waals surface area contributed by atoms with E-state index in [4.69, 9.17) is 31.2 Å². The van der Waals surface area contributed by atoms with Crippen molar-refractivity contribution in [1.29, 1.82) is 0 Å². The van der Waals surface area contributed by atoms with Gasteiger partial charge in [-0.15, -0.1) is 0 Å². The molecule has 2 aliphatic rings. The molecule has 3 heterocycles. The molecule has 1 aromatic heterocycles. The maximum atomic E-state index is 12.5. The Bertz CT molecular complexity index is 1410. The van der Waals surface area contributed by atoms with E-state index in [0.29, 0.717) is 87.0 Å². The molecule has 14 heteroatoms. The Balaban J connectivity index is 1.29. The van der Waals surface area contributed by atoms with Crippen molar-refractivity contribution in [2.45, 2.75) is 13.0 Å². The van der Waals surface area contributed by atoms with Crippen LogP contribution in [0.1, 0.15) is 22.6 Å². The van der Waals surface area contributed by atoms with Gasteiger partial charge in [0.05, 0.1) is 19.8 Å². The van der Waals surface area contributed by atoms with Crippen molar-refractivity contribution in [3.05, 3.63) is 59.9 Å². The molecule has 0 radical (unpaired) electrons. The third kappa shape index (κ3) is 7.47. The fourth-order valence-electron chi connectivity index (χ4n) is 4.78. The lowest BCUT2D eigenvalue weighted by Crippen LogP contribution is -2.39. The van der Waals surface area contributed by atoms with E-state index >= 15 is 0 Å². The molecule has 2 aliphatic heterocycles. The zero-order chi connectivity index (χ0) is 29.5. The molecule has 42 heavy (non-hydrogen) atoms. The summed E-state index contributed by atoms with van der Waals surface area (Å²) >= 11 is 0. The van der Waals surface area contributed by atoms with E-state index in [1.54, 1.807) is 41.3 Å². The highest BCUT2D eigenvalue weighted by atomic mass is 16.5. The molecule has 6 N–H and O–H groups in total. The number of urea groups is 2. The van der Waals surface area contributed by atoms with Gasteiger partial charge in [0.1, 0.15) is 5.82 Å². The van der Waals surface area contributed by atoms with Gasteiger partial charge in [0.15, 0.2) is 5.82 Å². The van der Waals surface area contributed by atoms with Crippen molar-refractivity contribution in [2.75, 3.05) is 68.0 Å². The van der Waals surface area contributed by atoms with Crippen molar-refractivity contribution in [3.8, 4) is 11.4 Å².